The van der Waals surface area contributed by atoms with E-state index in [1.54, 1.807) is 31.7 Å². The van der Waals surface area contributed by atoms with Crippen LogP contribution in [-0.2, 0) is 12.6 Å². The molecule has 4 aromatic rings. The Balaban J connectivity index is 1.57. The van der Waals surface area contributed by atoms with Crippen LogP contribution in [0, 0.1) is 0 Å². The van der Waals surface area contributed by atoms with Gasteiger partial charge in [-0.1, -0.05) is 6.07 Å². The van der Waals surface area contributed by atoms with Gasteiger partial charge in [0, 0.05) is 67.8 Å². The molecular weight excluding hydrogens is 428 g/mol. The van der Waals surface area contributed by atoms with Crippen LogP contribution in [0.25, 0.3) is 22.0 Å². The summed E-state index contributed by atoms with van der Waals surface area (Å²) in [5, 5.41) is 14.8. The zero-order valence-electron chi connectivity index (χ0n) is 19.8. The van der Waals surface area contributed by atoms with E-state index in [0.717, 1.165) is 54.0 Å². The quantitative estimate of drug-likeness (QED) is 0.422. The number of nitrogens with zero attached hydrogens (tertiary/aromatic N) is 2. The lowest BCUT2D eigenvalue weighted by atomic mass is 9.93. The summed E-state index contributed by atoms with van der Waals surface area (Å²) in [4.78, 5) is 18.0. The van der Waals surface area contributed by atoms with Crippen LogP contribution in [0.2, 0.25) is 0 Å². The maximum absolute atomic E-state index is 12.6. The largest absolute Gasteiger partial charge is 0.457 e. The number of benzene rings is 2. The molecule has 0 radical (unpaired) electrons. The number of hydrogen-bond acceptors (Lipinski definition) is 5. The SMILES string of the molecule is Cn1cc(-c2cc(C(C)(C)O)ccc2Oc2ccc(N3CCNCC3)cc2)c2cc[nH]c2c1=O. The number of fused-ring (bicyclic) bond motifs is 1. The van der Waals surface area contributed by atoms with Crippen LogP contribution in [0.5, 0.6) is 11.5 Å². The molecular formula is C27H30N4O3. The maximum atomic E-state index is 12.6. The number of aryl methyl sites for hydroxylation is 1. The molecule has 176 valence electrons. The minimum Gasteiger partial charge on any atom is -0.457 e. The Morgan fingerprint density at radius 3 is 2.44 bits per heavy atom. The van der Waals surface area contributed by atoms with Crippen molar-refractivity contribution in [3.63, 3.8) is 0 Å². The molecule has 1 fully saturated rings. The van der Waals surface area contributed by atoms with Gasteiger partial charge < -0.3 is 29.6 Å². The summed E-state index contributed by atoms with van der Waals surface area (Å²) in [6, 6.07) is 15.7. The topological polar surface area (TPSA) is 82.5 Å². The third kappa shape index (κ3) is 4.20. The lowest BCUT2D eigenvalue weighted by Gasteiger charge is -2.29. The first-order valence-electron chi connectivity index (χ1n) is 11.6. The van der Waals surface area contributed by atoms with Gasteiger partial charge in [0.25, 0.3) is 5.56 Å². The number of pyridine rings is 1. The van der Waals surface area contributed by atoms with Crippen LogP contribution >= 0.6 is 0 Å². The molecule has 2 aromatic heterocycles. The van der Waals surface area contributed by atoms with Gasteiger partial charge in [-0.25, -0.2) is 0 Å². The summed E-state index contributed by atoms with van der Waals surface area (Å²) in [5.41, 5.74) is 3.05. The summed E-state index contributed by atoms with van der Waals surface area (Å²) in [7, 11) is 1.74. The van der Waals surface area contributed by atoms with E-state index in [4.69, 9.17) is 4.74 Å². The summed E-state index contributed by atoms with van der Waals surface area (Å²) in [5.74, 6) is 1.38. The van der Waals surface area contributed by atoms with Crippen molar-refractivity contribution in [3.8, 4) is 22.6 Å². The number of rotatable bonds is 5. The van der Waals surface area contributed by atoms with Crippen LogP contribution in [-0.4, -0.2) is 40.8 Å². The summed E-state index contributed by atoms with van der Waals surface area (Å²) < 4.78 is 7.93. The Bertz CT molecular complexity index is 1370. The van der Waals surface area contributed by atoms with Gasteiger partial charge in [-0.05, 0) is 61.9 Å². The molecule has 0 bridgehead atoms. The molecule has 0 unspecified atom stereocenters. The number of aromatic nitrogens is 2. The van der Waals surface area contributed by atoms with E-state index >= 15 is 0 Å². The molecule has 0 spiro atoms. The summed E-state index contributed by atoms with van der Waals surface area (Å²) >= 11 is 0. The van der Waals surface area contributed by atoms with E-state index in [1.165, 1.54) is 5.69 Å². The van der Waals surface area contributed by atoms with Crippen molar-refractivity contribution < 1.29 is 9.84 Å². The van der Waals surface area contributed by atoms with Crippen LogP contribution in [0.15, 0.2) is 65.7 Å². The number of piperazine rings is 1. The van der Waals surface area contributed by atoms with Gasteiger partial charge in [-0.2, -0.15) is 0 Å². The fourth-order valence-electron chi connectivity index (χ4n) is 4.47. The molecule has 0 saturated carbocycles. The normalized spacial score (nSPS) is 14.5. The van der Waals surface area contributed by atoms with Crippen molar-refractivity contribution in [2.75, 3.05) is 31.1 Å². The average Bonchev–Trinajstić information content (AvgIpc) is 3.33. The smallest absolute Gasteiger partial charge is 0.274 e. The molecule has 1 aliphatic rings. The fourth-order valence-corrected chi connectivity index (χ4v) is 4.47. The molecule has 0 atom stereocenters. The van der Waals surface area contributed by atoms with Gasteiger partial charge in [0.05, 0.1) is 5.60 Å². The Morgan fingerprint density at radius 1 is 1.00 bits per heavy atom. The predicted molar refractivity (Wildman–Crippen MR) is 136 cm³/mol. The van der Waals surface area contributed by atoms with Gasteiger partial charge in [-0.3, -0.25) is 4.79 Å². The number of anilines is 1. The minimum absolute atomic E-state index is 0.0895. The van der Waals surface area contributed by atoms with Gasteiger partial charge in [-0.15, -0.1) is 0 Å². The van der Waals surface area contributed by atoms with Gasteiger partial charge >= 0.3 is 0 Å². The molecule has 34 heavy (non-hydrogen) atoms. The third-order valence-corrected chi connectivity index (χ3v) is 6.42. The van der Waals surface area contributed by atoms with E-state index in [1.807, 2.05) is 42.6 Å². The minimum atomic E-state index is -1.02. The Hall–Kier alpha value is -3.55. The highest BCUT2D eigenvalue weighted by atomic mass is 16.5. The second-order valence-electron chi connectivity index (χ2n) is 9.33. The highest BCUT2D eigenvalue weighted by Gasteiger charge is 2.21. The number of ether oxygens (including phenoxy) is 1. The zero-order valence-corrected chi connectivity index (χ0v) is 19.8. The van der Waals surface area contributed by atoms with Crippen LogP contribution < -0.4 is 20.5 Å². The fraction of sp³-hybridized carbons (Fsp3) is 0.296. The first-order valence-corrected chi connectivity index (χ1v) is 11.6. The summed E-state index contributed by atoms with van der Waals surface area (Å²) in [6.07, 6.45) is 3.59. The van der Waals surface area contributed by atoms with Crippen molar-refractivity contribution in [1.82, 2.24) is 14.9 Å². The van der Waals surface area contributed by atoms with E-state index < -0.39 is 5.60 Å². The predicted octanol–water partition coefficient (Wildman–Crippen LogP) is 3.96. The first kappa shape index (κ1) is 22.3. The molecule has 1 saturated heterocycles. The second kappa shape index (κ2) is 8.66. The molecule has 3 N–H and O–H groups in total. The molecule has 2 aromatic carbocycles. The first-order chi connectivity index (χ1) is 16.3. The van der Waals surface area contributed by atoms with Crippen molar-refractivity contribution in [2.24, 2.45) is 7.05 Å². The highest BCUT2D eigenvalue weighted by Crippen LogP contribution is 2.39. The summed E-state index contributed by atoms with van der Waals surface area (Å²) in [6.45, 7) is 7.47. The second-order valence-corrected chi connectivity index (χ2v) is 9.33. The molecule has 7 nitrogen and oxygen atoms in total. The maximum Gasteiger partial charge on any atom is 0.274 e. The van der Waals surface area contributed by atoms with E-state index in [0.29, 0.717) is 11.3 Å². The molecule has 0 aliphatic carbocycles. The molecule has 3 heterocycles. The number of aliphatic hydroxyl groups is 1. The molecule has 1 aliphatic heterocycles. The Morgan fingerprint density at radius 2 is 1.74 bits per heavy atom. The zero-order chi connectivity index (χ0) is 23.9. The van der Waals surface area contributed by atoms with Gasteiger partial charge in [0.2, 0.25) is 0 Å². The van der Waals surface area contributed by atoms with Gasteiger partial charge in [0.1, 0.15) is 17.0 Å². The van der Waals surface area contributed by atoms with Crippen LogP contribution in [0.1, 0.15) is 19.4 Å². The number of nitrogens with one attached hydrogen (secondary N) is 2. The number of H-pyrrole nitrogens is 1. The lowest BCUT2D eigenvalue weighted by molar-refractivity contribution is 0.0786. The van der Waals surface area contributed by atoms with E-state index in [9.17, 15) is 9.90 Å². The van der Waals surface area contributed by atoms with E-state index in [-0.39, 0.29) is 5.56 Å². The standard InChI is InChI=1S/C27H30N4O3/c1-27(2,33)18-4-9-24(34-20-7-5-19(6-8-20)31-14-12-28-13-15-31)22(16-18)23-17-30(3)26(32)25-21(23)10-11-29-25/h4-11,16-17,28-29,33H,12-15H2,1-3H3. The van der Waals surface area contributed by atoms with Crippen molar-refractivity contribution in [2.45, 2.75) is 19.4 Å². The molecule has 7 heteroatoms. The van der Waals surface area contributed by atoms with Crippen molar-refractivity contribution in [1.29, 1.82) is 0 Å². The Kier molecular flexibility index (Phi) is 5.67. The van der Waals surface area contributed by atoms with Crippen LogP contribution in [0.4, 0.5) is 5.69 Å². The third-order valence-electron chi connectivity index (χ3n) is 6.42. The number of hydrogen-bond donors (Lipinski definition) is 3. The Labute approximate surface area is 198 Å². The lowest BCUT2D eigenvalue weighted by Crippen LogP contribution is -2.43. The average molecular weight is 459 g/mol. The van der Waals surface area contributed by atoms with Crippen molar-refractivity contribution in [3.05, 3.63) is 76.8 Å². The van der Waals surface area contributed by atoms with Gasteiger partial charge in [0.15, 0.2) is 0 Å². The van der Waals surface area contributed by atoms with Crippen LogP contribution in [0.3, 0.4) is 0 Å². The highest BCUT2D eigenvalue weighted by molar-refractivity contribution is 5.96. The number of aromatic amines is 1. The van der Waals surface area contributed by atoms with Crippen molar-refractivity contribution >= 4 is 16.6 Å². The molecule has 5 rings (SSSR count). The molecule has 0 amide bonds. The monoisotopic (exact) mass is 458 g/mol. The van der Waals surface area contributed by atoms with E-state index in [2.05, 4.69) is 27.3 Å².